The molecule has 1 atom stereocenters. The lowest BCUT2D eigenvalue weighted by atomic mass is 10.1. The van der Waals surface area contributed by atoms with E-state index in [2.05, 4.69) is 21.2 Å². The number of hydrogen-bond acceptors (Lipinski definition) is 3. The van der Waals surface area contributed by atoms with Crippen molar-refractivity contribution in [2.24, 2.45) is 0 Å². The highest BCUT2D eigenvalue weighted by Crippen LogP contribution is 2.24. The Morgan fingerprint density at radius 3 is 2.35 bits per heavy atom. The van der Waals surface area contributed by atoms with Crippen molar-refractivity contribution in [2.75, 3.05) is 5.75 Å². The van der Waals surface area contributed by atoms with Crippen LogP contribution in [0.1, 0.15) is 38.8 Å². The molecule has 8 heteroatoms. The van der Waals surface area contributed by atoms with Crippen LogP contribution in [-0.2, 0) is 21.9 Å². The molecular weight excluding hydrogens is 519 g/mol. The third-order valence-corrected chi connectivity index (χ3v) is 6.53. The number of thioether (sulfide) groups is 1. The third kappa shape index (κ3) is 8.68. The van der Waals surface area contributed by atoms with Crippen LogP contribution >= 0.6 is 50.9 Å². The number of carbonyl (C=O) groups is 2. The zero-order valence-corrected chi connectivity index (χ0v) is 22.0. The molecule has 0 aliphatic rings. The van der Waals surface area contributed by atoms with Gasteiger partial charge in [0.15, 0.2) is 0 Å². The average molecular weight is 546 g/mol. The van der Waals surface area contributed by atoms with Crippen LogP contribution in [0.15, 0.2) is 46.9 Å². The molecular formula is C23H27BrCl2N2O2S. The van der Waals surface area contributed by atoms with Crippen LogP contribution in [0, 0.1) is 0 Å². The molecule has 2 aromatic rings. The maximum Gasteiger partial charge on any atom is 0.242 e. The van der Waals surface area contributed by atoms with Gasteiger partial charge in [-0.1, -0.05) is 57.3 Å². The Balaban J connectivity index is 2.13. The van der Waals surface area contributed by atoms with E-state index in [4.69, 9.17) is 23.2 Å². The van der Waals surface area contributed by atoms with Crippen LogP contribution in [0.2, 0.25) is 10.0 Å². The lowest BCUT2D eigenvalue weighted by molar-refractivity contribution is -0.139. The second kappa shape index (κ2) is 11.6. The van der Waals surface area contributed by atoms with Gasteiger partial charge in [-0.2, -0.15) is 0 Å². The van der Waals surface area contributed by atoms with Crippen LogP contribution < -0.4 is 5.32 Å². The molecule has 1 N–H and O–H groups in total. The summed E-state index contributed by atoms with van der Waals surface area (Å²) >= 11 is 17.3. The summed E-state index contributed by atoms with van der Waals surface area (Å²) in [6, 6.07) is 12.5. The molecule has 0 aliphatic carbocycles. The third-order valence-electron chi connectivity index (χ3n) is 4.43. The zero-order chi connectivity index (χ0) is 23.2. The predicted octanol–water partition coefficient (Wildman–Crippen LogP) is 6.32. The summed E-state index contributed by atoms with van der Waals surface area (Å²) in [6.45, 7) is 7.70. The highest BCUT2D eigenvalue weighted by molar-refractivity contribution is 9.10. The van der Waals surface area contributed by atoms with E-state index in [0.29, 0.717) is 15.8 Å². The SMILES string of the molecule is C[C@H](C(=O)NC(C)(C)C)N(Cc1ccc(Cl)cc1Cl)C(=O)CSCc1ccc(Br)cc1. The van der Waals surface area contributed by atoms with Crippen LogP contribution in [0.3, 0.4) is 0 Å². The molecule has 0 bridgehead atoms. The van der Waals surface area contributed by atoms with Crippen molar-refractivity contribution in [3.05, 3.63) is 68.1 Å². The van der Waals surface area contributed by atoms with Gasteiger partial charge in [0.25, 0.3) is 0 Å². The number of nitrogens with zero attached hydrogens (tertiary/aromatic N) is 1. The van der Waals surface area contributed by atoms with E-state index in [1.54, 1.807) is 30.0 Å². The average Bonchev–Trinajstić information content (AvgIpc) is 2.67. The number of amides is 2. The Kier molecular flexibility index (Phi) is 9.74. The maximum atomic E-state index is 13.1. The molecule has 2 amide bonds. The van der Waals surface area contributed by atoms with E-state index >= 15 is 0 Å². The molecule has 0 unspecified atom stereocenters. The van der Waals surface area contributed by atoms with Gasteiger partial charge in [0.1, 0.15) is 6.04 Å². The predicted molar refractivity (Wildman–Crippen MR) is 135 cm³/mol. The van der Waals surface area contributed by atoms with Crippen molar-refractivity contribution in [2.45, 2.75) is 51.6 Å². The molecule has 168 valence electrons. The number of rotatable bonds is 8. The van der Waals surface area contributed by atoms with E-state index in [9.17, 15) is 9.59 Å². The van der Waals surface area contributed by atoms with Gasteiger partial charge < -0.3 is 10.2 Å². The van der Waals surface area contributed by atoms with Crippen LogP contribution in [0.5, 0.6) is 0 Å². The summed E-state index contributed by atoms with van der Waals surface area (Å²) in [5, 5.41) is 3.94. The minimum Gasteiger partial charge on any atom is -0.350 e. The Hall–Kier alpha value is -1.21. The van der Waals surface area contributed by atoms with Crippen molar-refractivity contribution in [1.82, 2.24) is 10.2 Å². The van der Waals surface area contributed by atoms with Gasteiger partial charge in [-0.15, -0.1) is 11.8 Å². The van der Waals surface area contributed by atoms with Gasteiger partial charge in [-0.3, -0.25) is 9.59 Å². The molecule has 0 saturated carbocycles. The highest BCUT2D eigenvalue weighted by Gasteiger charge is 2.28. The number of halogens is 3. The Bertz CT molecular complexity index is 917. The smallest absolute Gasteiger partial charge is 0.242 e. The molecule has 0 spiro atoms. The summed E-state index contributed by atoms with van der Waals surface area (Å²) < 4.78 is 1.02. The first-order valence-corrected chi connectivity index (χ1v) is 12.5. The van der Waals surface area contributed by atoms with E-state index in [0.717, 1.165) is 15.6 Å². The molecule has 0 radical (unpaired) electrons. The minimum atomic E-state index is -0.647. The molecule has 0 aromatic heterocycles. The topological polar surface area (TPSA) is 49.4 Å². The summed E-state index contributed by atoms with van der Waals surface area (Å²) in [7, 11) is 0. The van der Waals surface area contributed by atoms with Crippen molar-refractivity contribution in [1.29, 1.82) is 0 Å². The molecule has 0 fully saturated rings. The van der Waals surface area contributed by atoms with Crippen LogP contribution in [-0.4, -0.2) is 34.0 Å². The Morgan fingerprint density at radius 1 is 1.13 bits per heavy atom. The minimum absolute atomic E-state index is 0.121. The molecule has 4 nitrogen and oxygen atoms in total. The molecule has 0 heterocycles. The Labute approximate surface area is 207 Å². The largest absolute Gasteiger partial charge is 0.350 e. The maximum absolute atomic E-state index is 13.1. The fourth-order valence-electron chi connectivity index (χ4n) is 2.81. The molecule has 2 rings (SSSR count). The fourth-order valence-corrected chi connectivity index (χ4v) is 4.41. The second-order valence-electron chi connectivity index (χ2n) is 8.29. The first-order valence-electron chi connectivity index (χ1n) is 9.84. The van der Waals surface area contributed by atoms with Gasteiger partial charge >= 0.3 is 0 Å². The van der Waals surface area contributed by atoms with Gasteiger partial charge in [0.2, 0.25) is 11.8 Å². The number of benzene rings is 2. The fraction of sp³-hybridized carbons (Fsp3) is 0.391. The molecule has 0 aliphatic heterocycles. The molecule has 0 saturated heterocycles. The van der Waals surface area contributed by atoms with Crippen molar-refractivity contribution in [3.8, 4) is 0 Å². The first kappa shape index (κ1) is 26.0. The van der Waals surface area contributed by atoms with E-state index in [1.165, 1.54) is 11.8 Å². The van der Waals surface area contributed by atoms with Crippen LogP contribution in [0.25, 0.3) is 0 Å². The Morgan fingerprint density at radius 2 is 1.77 bits per heavy atom. The van der Waals surface area contributed by atoms with Crippen molar-refractivity contribution < 1.29 is 9.59 Å². The quantitative estimate of drug-likeness (QED) is 0.422. The summed E-state index contributed by atoms with van der Waals surface area (Å²) in [4.78, 5) is 27.5. The van der Waals surface area contributed by atoms with Gasteiger partial charge in [-0.25, -0.2) is 0 Å². The molecule has 2 aromatic carbocycles. The normalized spacial score (nSPS) is 12.4. The van der Waals surface area contributed by atoms with Gasteiger partial charge in [0, 0.05) is 32.4 Å². The summed E-state index contributed by atoms with van der Waals surface area (Å²) in [5.74, 6) is 0.638. The second-order valence-corrected chi connectivity index (χ2v) is 11.0. The number of hydrogen-bond donors (Lipinski definition) is 1. The standard InChI is InChI=1S/C23H27BrCl2N2O2S/c1-15(22(30)27-23(2,3)4)28(12-17-7-10-19(25)11-20(17)26)21(29)14-31-13-16-5-8-18(24)9-6-16/h5-11,15H,12-14H2,1-4H3,(H,27,30)/t15-/m1/s1. The van der Waals surface area contributed by atoms with Gasteiger partial charge in [-0.05, 0) is 63.1 Å². The number of carbonyl (C=O) groups excluding carboxylic acids is 2. The highest BCUT2D eigenvalue weighted by atomic mass is 79.9. The van der Waals surface area contributed by atoms with Crippen molar-refractivity contribution >= 4 is 62.7 Å². The first-order chi connectivity index (χ1) is 14.5. The lowest BCUT2D eigenvalue weighted by Gasteiger charge is -2.31. The molecule has 31 heavy (non-hydrogen) atoms. The monoisotopic (exact) mass is 544 g/mol. The summed E-state index contributed by atoms with van der Waals surface area (Å²) in [6.07, 6.45) is 0. The van der Waals surface area contributed by atoms with Crippen molar-refractivity contribution in [3.63, 3.8) is 0 Å². The zero-order valence-electron chi connectivity index (χ0n) is 18.0. The van der Waals surface area contributed by atoms with E-state index < -0.39 is 11.6 Å². The van der Waals surface area contributed by atoms with E-state index in [-0.39, 0.29) is 24.1 Å². The lowest BCUT2D eigenvalue weighted by Crippen LogP contribution is -2.52. The van der Waals surface area contributed by atoms with E-state index in [1.807, 2.05) is 45.0 Å². The summed E-state index contributed by atoms with van der Waals surface area (Å²) in [5.41, 5.74) is 1.48. The number of nitrogens with one attached hydrogen (secondary N) is 1. The van der Waals surface area contributed by atoms with Crippen LogP contribution in [0.4, 0.5) is 0 Å². The van der Waals surface area contributed by atoms with Gasteiger partial charge in [0.05, 0.1) is 5.75 Å².